The Morgan fingerprint density at radius 3 is 2.73 bits per heavy atom. The molecule has 1 N–H and O–H groups in total. The summed E-state index contributed by atoms with van der Waals surface area (Å²) < 4.78 is 3.17. The number of carbonyl (C=O) groups is 1. The molecule has 0 aliphatic rings. The van der Waals surface area contributed by atoms with Crippen molar-refractivity contribution in [3.63, 3.8) is 0 Å². The summed E-state index contributed by atoms with van der Waals surface area (Å²) in [6.07, 6.45) is 0. The molecule has 0 aliphatic heterocycles. The second-order valence-corrected chi connectivity index (χ2v) is 7.59. The van der Waals surface area contributed by atoms with Gasteiger partial charge in [-0.05, 0) is 36.8 Å². The van der Waals surface area contributed by atoms with Crippen LogP contribution in [0.2, 0.25) is 0 Å². The van der Waals surface area contributed by atoms with E-state index in [1.807, 2.05) is 36.4 Å². The molecule has 1 aromatic heterocycles. The highest BCUT2D eigenvalue weighted by molar-refractivity contribution is 9.10. The number of carbonyl (C=O) groups excluding carboxylic acids is 1. The number of aromatic nitrogens is 3. The molecule has 0 spiro atoms. The molecule has 26 heavy (non-hydrogen) atoms. The molecule has 1 amide bonds. The van der Waals surface area contributed by atoms with Crippen molar-refractivity contribution in [1.29, 1.82) is 0 Å². The van der Waals surface area contributed by atoms with Crippen molar-refractivity contribution in [2.24, 2.45) is 0 Å². The van der Waals surface area contributed by atoms with Crippen LogP contribution in [0.1, 0.15) is 19.4 Å². The van der Waals surface area contributed by atoms with Crippen LogP contribution in [0.3, 0.4) is 0 Å². The number of rotatable bonds is 6. The van der Waals surface area contributed by atoms with E-state index in [0.717, 1.165) is 39.0 Å². The third kappa shape index (κ3) is 4.53. The lowest BCUT2D eigenvalue weighted by atomic mass is 10.2. The Labute approximate surface area is 165 Å². The summed E-state index contributed by atoms with van der Waals surface area (Å²) >= 11 is 5.17. The Kier molecular flexibility index (Phi) is 6.11. The normalized spacial score (nSPS) is 10.7. The van der Waals surface area contributed by atoms with E-state index in [4.69, 9.17) is 0 Å². The standard InChI is InChI=1S/C19H19BrN4OS/c1-3-24-18(15-7-5-9-17(11-15)21-13(2)25)22-23-19(24)26-12-14-6-4-8-16(20)10-14/h4-11H,3,12H2,1-2H3,(H,21,25). The number of benzene rings is 2. The van der Waals surface area contributed by atoms with Crippen molar-refractivity contribution in [3.8, 4) is 11.4 Å². The third-order valence-electron chi connectivity index (χ3n) is 3.73. The van der Waals surface area contributed by atoms with Gasteiger partial charge in [-0.25, -0.2) is 0 Å². The maximum atomic E-state index is 11.3. The van der Waals surface area contributed by atoms with Crippen molar-refractivity contribution in [3.05, 3.63) is 58.6 Å². The summed E-state index contributed by atoms with van der Waals surface area (Å²) in [5.74, 6) is 1.53. The Morgan fingerprint density at radius 2 is 2.00 bits per heavy atom. The zero-order valence-electron chi connectivity index (χ0n) is 14.6. The fourth-order valence-electron chi connectivity index (χ4n) is 2.61. The molecule has 0 fully saturated rings. The number of halogens is 1. The van der Waals surface area contributed by atoms with Crippen LogP contribution < -0.4 is 5.32 Å². The van der Waals surface area contributed by atoms with Gasteiger partial charge in [0.2, 0.25) is 5.91 Å². The van der Waals surface area contributed by atoms with Gasteiger partial charge in [-0.2, -0.15) is 0 Å². The number of nitrogens with zero attached hydrogens (tertiary/aromatic N) is 3. The van der Waals surface area contributed by atoms with Crippen LogP contribution in [0, 0.1) is 0 Å². The van der Waals surface area contributed by atoms with E-state index in [1.54, 1.807) is 11.8 Å². The fourth-order valence-corrected chi connectivity index (χ4v) is 4.00. The molecule has 0 atom stereocenters. The Morgan fingerprint density at radius 1 is 1.19 bits per heavy atom. The van der Waals surface area contributed by atoms with Crippen molar-refractivity contribution in [2.45, 2.75) is 31.3 Å². The maximum Gasteiger partial charge on any atom is 0.221 e. The van der Waals surface area contributed by atoms with E-state index < -0.39 is 0 Å². The van der Waals surface area contributed by atoms with Crippen LogP contribution in [0.15, 0.2) is 58.2 Å². The summed E-state index contributed by atoms with van der Waals surface area (Å²) in [6.45, 7) is 4.35. The second kappa shape index (κ2) is 8.51. The topological polar surface area (TPSA) is 59.8 Å². The van der Waals surface area contributed by atoms with Gasteiger partial charge in [0.15, 0.2) is 11.0 Å². The van der Waals surface area contributed by atoms with Crippen LogP contribution in [-0.2, 0) is 17.1 Å². The Bertz CT molecular complexity index is 925. The van der Waals surface area contributed by atoms with Crippen molar-refractivity contribution >= 4 is 39.3 Å². The molecule has 3 rings (SSSR count). The van der Waals surface area contributed by atoms with Gasteiger partial charge < -0.3 is 9.88 Å². The Balaban J connectivity index is 1.83. The van der Waals surface area contributed by atoms with Crippen LogP contribution in [0.25, 0.3) is 11.4 Å². The molecule has 0 unspecified atom stereocenters. The molecule has 1 heterocycles. The van der Waals surface area contributed by atoms with E-state index in [0.29, 0.717) is 0 Å². The molecular formula is C19H19BrN4OS. The molecule has 7 heteroatoms. The number of hydrogen-bond donors (Lipinski definition) is 1. The van der Waals surface area contributed by atoms with E-state index in [9.17, 15) is 4.79 Å². The van der Waals surface area contributed by atoms with E-state index in [2.05, 4.69) is 55.1 Å². The monoisotopic (exact) mass is 430 g/mol. The summed E-state index contributed by atoms with van der Waals surface area (Å²) in [5, 5.41) is 12.4. The highest BCUT2D eigenvalue weighted by Gasteiger charge is 2.14. The minimum Gasteiger partial charge on any atom is -0.326 e. The quantitative estimate of drug-likeness (QED) is 0.560. The molecule has 134 valence electrons. The van der Waals surface area contributed by atoms with E-state index >= 15 is 0 Å². The summed E-state index contributed by atoms with van der Waals surface area (Å²) in [6, 6.07) is 15.9. The molecule has 5 nitrogen and oxygen atoms in total. The van der Waals surface area contributed by atoms with Crippen molar-refractivity contribution < 1.29 is 4.79 Å². The Hall–Kier alpha value is -2.12. The maximum absolute atomic E-state index is 11.3. The minimum atomic E-state index is -0.0932. The zero-order chi connectivity index (χ0) is 18.5. The predicted octanol–water partition coefficient (Wildman–Crippen LogP) is 4.98. The first-order valence-corrected chi connectivity index (χ1v) is 10.0. The average molecular weight is 431 g/mol. The number of anilines is 1. The number of nitrogens with one attached hydrogen (secondary N) is 1. The third-order valence-corrected chi connectivity index (χ3v) is 5.26. The largest absolute Gasteiger partial charge is 0.326 e. The molecule has 0 aliphatic carbocycles. The molecule has 2 aromatic carbocycles. The van der Waals surface area contributed by atoms with Gasteiger partial charge in [0.1, 0.15) is 0 Å². The lowest BCUT2D eigenvalue weighted by Gasteiger charge is -2.09. The van der Waals surface area contributed by atoms with Gasteiger partial charge in [0.05, 0.1) is 0 Å². The van der Waals surface area contributed by atoms with Gasteiger partial charge in [-0.3, -0.25) is 4.79 Å². The van der Waals surface area contributed by atoms with Crippen molar-refractivity contribution in [1.82, 2.24) is 14.8 Å². The second-order valence-electron chi connectivity index (χ2n) is 5.73. The van der Waals surface area contributed by atoms with Crippen LogP contribution >= 0.6 is 27.7 Å². The van der Waals surface area contributed by atoms with Gasteiger partial charge in [-0.15, -0.1) is 10.2 Å². The molecule has 0 saturated carbocycles. The lowest BCUT2D eigenvalue weighted by Crippen LogP contribution is -2.06. The molecule has 0 saturated heterocycles. The molecule has 0 radical (unpaired) electrons. The summed E-state index contributed by atoms with van der Waals surface area (Å²) in [7, 11) is 0. The first-order valence-electron chi connectivity index (χ1n) is 8.25. The van der Waals surface area contributed by atoms with Gasteiger partial charge in [0.25, 0.3) is 0 Å². The van der Waals surface area contributed by atoms with Gasteiger partial charge >= 0.3 is 0 Å². The number of thioether (sulfide) groups is 1. The number of amides is 1. The first-order chi connectivity index (χ1) is 12.6. The minimum absolute atomic E-state index is 0.0932. The zero-order valence-corrected chi connectivity index (χ0v) is 17.0. The molecular weight excluding hydrogens is 412 g/mol. The number of hydrogen-bond acceptors (Lipinski definition) is 4. The first kappa shape index (κ1) is 18.7. The van der Waals surface area contributed by atoms with Crippen LogP contribution in [-0.4, -0.2) is 20.7 Å². The highest BCUT2D eigenvalue weighted by atomic mass is 79.9. The van der Waals surface area contributed by atoms with Gasteiger partial charge in [0, 0.05) is 34.9 Å². The average Bonchev–Trinajstić information content (AvgIpc) is 3.02. The van der Waals surface area contributed by atoms with Crippen LogP contribution in [0.4, 0.5) is 5.69 Å². The molecule has 3 aromatic rings. The predicted molar refractivity (Wildman–Crippen MR) is 109 cm³/mol. The summed E-state index contributed by atoms with van der Waals surface area (Å²) in [5.41, 5.74) is 2.91. The van der Waals surface area contributed by atoms with Gasteiger partial charge in [-0.1, -0.05) is 52.0 Å². The summed E-state index contributed by atoms with van der Waals surface area (Å²) in [4.78, 5) is 11.3. The van der Waals surface area contributed by atoms with Crippen LogP contribution in [0.5, 0.6) is 0 Å². The lowest BCUT2D eigenvalue weighted by molar-refractivity contribution is -0.114. The fraction of sp³-hybridized carbons (Fsp3) is 0.211. The smallest absolute Gasteiger partial charge is 0.221 e. The SMILES string of the molecule is CCn1c(SCc2cccc(Br)c2)nnc1-c1cccc(NC(C)=O)c1. The van der Waals surface area contributed by atoms with Crippen molar-refractivity contribution in [2.75, 3.05) is 5.32 Å². The van der Waals surface area contributed by atoms with E-state index in [1.165, 1.54) is 12.5 Å². The van der Waals surface area contributed by atoms with E-state index in [-0.39, 0.29) is 5.91 Å². The highest BCUT2D eigenvalue weighted by Crippen LogP contribution is 2.28. The molecule has 0 bridgehead atoms.